The number of nitrogens with zero attached hydrogens (tertiary/aromatic N) is 2. The van der Waals surface area contributed by atoms with Gasteiger partial charge in [-0.1, -0.05) is 6.07 Å². The van der Waals surface area contributed by atoms with Gasteiger partial charge in [0.15, 0.2) is 0 Å². The Bertz CT molecular complexity index is 589. The molecule has 0 unspecified atom stereocenters. The molecule has 0 atom stereocenters. The van der Waals surface area contributed by atoms with Crippen LogP contribution in [0.1, 0.15) is 5.69 Å². The van der Waals surface area contributed by atoms with Gasteiger partial charge in [0.1, 0.15) is 5.65 Å². The van der Waals surface area contributed by atoms with Gasteiger partial charge in [0.25, 0.3) is 10.1 Å². The Hall–Kier alpha value is -1.40. The number of rotatable bonds is 4. The number of hydrogen-bond donors (Lipinski definition) is 0. The van der Waals surface area contributed by atoms with Crippen molar-refractivity contribution in [2.75, 3.05) is 12.9 Å². The standard InChI is InChI=1S/C10H12N2O3S/c1-16(13,14)15-7-5-9-8-11-10-4-2-3-6-12(9)10/h2-4,6,8H,5,7H2,1H3. The molecule has 0 saturated heterocycles. The molecule has 0 spiro atoms. The Kier molecular flexibility index (Phi) is 2.93. The van der Waals surface area contributed by atoms with Gasteiger partial charge in [-0.3, -0.25) is 4.18 Å². The first-order valence-electron chi connectivity index (χ1n) is 4.82. The largest absolute Gasteiger partial charge is 0.304 e. The number of hydrogen-bond acceptors (Lipinski definition) is 4. The highest BCUT2D eigenvalue weighted by atomic mass is 32.2. The fourth-order valence-corrected chi connectivity index (χ4v) is 1.85. The van der Waals surface area contributed by atoms with E-state index in [4.69, 9.17) is 0 Å². The van der Waals surface area contributed by atoms with Gasteiger partial charge in [-0.05, 0) is 12.1 Å². The second-order valence-corrected chi connectivity index (χ2v) is 5.10. The van der Waals surface area contributed by atoms with Gasteiger partial charge in [-0.25, -0.2) is 4.98 Å². The summed E-state index contributed by atoms with van der Waals surface area (Å²) in [6, 6.07) is 5.69. The van der Waals surface area contributed by atoms with Crippen LogP contribution >= 0.6 is 0 Å². The fourth-order valence-electron chi connectivity index (χ4n) is 1.47. The van der Waals surface area contributed by atoms with Crippen molar-refractivity contribution in [2.24, 2.45) is 0 Å². The van der Waals surface area contributed by atoms with Crippen LogP contribution in [0.25, 0.3) is 5.65 Å². The molecule has 0 aliphatic heterocycles. The van der Waals surface area contributed by atoms with E-state index < -0.39 is 10.1 Å². The second-order valence-electron chi connectivity index (χ2n) is 3.45. The van der Waals surface area contributed by atoms with Crippen molar-refractivity contribution in [2.45, 2.75) is 6.42 Å². The molecule has 0 radical (unpaired) electrons. The van der Waals surface area contributed by atoms with E-state index in [2.05, 4.69) is 9.17 Å². The summed E-state index contributed by atoms with van der Waals surface area (Å²) in [5.41, 5.74) is 1.77. The zero-order valence-electron chi connectivity index (χ0n) is 8.83. The first kappa shape index (κ1) is 11.1. The fraction of sp³-hybridized carbons (Fsp3) is 0.300. The van der Waals surface area contributed by atoms with Crippen LogP contribution in [0.2, 0.25) is 0 Å². The molecule has 86 valence electrons. The molecular weight excluding hydrogens is 228 g/mol. The maximum absolute atomic E-state index is 10.8. The molecule has 2 heterocycles. The molecule has 6 heteroatoms. The minimum atomic E-state index is -3.36. The van der Waals surface area contributed by atoms with Crippen LogP contribution in [0.5, 0.6) is 0 Å². The maximum Gasteiger partial charge on any atom is 0.264 e. The van der Waals surface area contributed by atoms with E-state index >= 15 is 0 Å². The van der Waals surface area contributed by atoms with Crippen LogP contribution in [0.3, 0.4) is 0 Å². The lowest BCUT2D eigenvalue weighted by Crippen LogP contribution is -2.07. The van der Waals surface area contributed by atoms with Crippen molar-refractivity contribution in [3.8, 4) is 0 Å². The molecule has 0 bridgehead atoms. The van der Waals surface area contributed by atoms with E-state index in [1.165, 1.54) is 0 Å². The summed E-state index contributed by atoms with van der Waals surface area (Å²) < 4.78 is 28.1. The molecule has 0 N–H and O–H groups in total. The first-order chi connectivity index (χ1) is 7.56. The maximum atomic E-state index is 10.8. The van der Waals surface area contributed by atoms with Gasteiger partial charge < -0.3 is 4.40 Å². The summed E-state index contributed by atoms with van der Waals surface area (Å²) in [5.74, 6) is 0. The average Bonchev–Trinajstić information content (AvgIpc) is 2.60. The SMILES string of the molecule is CS(=O)(=O)OCCc1cnc2ccccn12. The van der Waals surface area contributed by atoms with Crippen molar-refractivity contribution in [1.82, 2.24) is 9.38 Å². The molecule has 0 aliphatic carbocycles. The lowest BCUT2D eigenvalue weighted by atomic mass is 10.3. The lowest BCUT2D eigenvalue weighted by Gasteiger charge is -2.01. The van der Waals surface area contributed by atoms with Gasteiger partial charge in [0.2, 0.25) is 0 Å². The van der Waals surface area contributed by atoms with E-state index in [0.717, 1.165) is 17.6 Å². The molecule has 5 nitrogen and oxygen atoms in total. The highest BCUT2D eigenvalue weighted by molar-refractivity contribution is 7.85. The third-order valence-electron chi connectivity index (χ3n) is 2.15. The topological polar surface area (TPSA) is 60.7 Å². The monoisotopic (exact) mass is 240 g/mol. The quantitative estimate of drug-likeness (QED) is 0.743. The normalized spacial score (nSPS) is 12.1. The van der Waals surface area contributed by atoms with E-state index in [1.54, 1.807) is 6.20 Å². The lowest BCUT2D eigenvalue weighted by molar-refractivity contribution is 0.324. The van der Waals surface area contributed by atoms with Gasteiger partial charge in [-0.15, -0.1) is 0 Å². The highest BCUT2D eigenvalue weighted by Gasteiger charge is 2.05. The van der Waals surface area contributed by atoms with Gasteiger partial charge >= 0.3 is 0 Å². The summed E-state index contributed by atoms with van der Waals surface area (Å²) in [7, 11) is -3.36. The summed E-state index contributed by atoms with van der Waals surface area (Å²) in [6.07, 6.45) is 5.17. The third-order valence-corrected chi connectivity index (χ3v) is 2.74. The van der Waals surface area contributed by atoms with E-state index in [-0.39, 0.29) is 6.61 Å². The van der Waals surface area contributed by atoms with E-state index in [0.29, 0.717) is 6.42 Å². The van der Waals surface area contributed by atoms with Crippen LogP contribution in [-0.2, 0) is 20.7 Å². The predicted octanol–water partition coefficient (Wildman–Crippen LogP) is 0.853. The Morgan fingerprint density at radius 2 is 2.25 bits per heavy atom. The summed E-state index contributed by atoms with van der Waals surface area (Å²) in [5, 5.41) is 0. The third kappa shape index (κ3) is 2.59. The molecule has 0 amide bonds. The molecular formula is C10H12N2O3S. The van der Waals surface area contributed by atoms with Crippen molar-refractivity contribution in [1.29, 1.82) is 0 Å². The van der Waals surface area contributed by atoms with Gasteiger partial charge in [0, 0.05) is 24.5 Å². The Morgan fingerprint density at radius 1 is 1.44 bits per heavy atom. The van der Waals surface area contributed by atoms with Crippen LogP contribution in [0, 0.1) is 0 Å². The smallest absolute Gasteiger partial charge is 0.264 e. The number of fused-ring (bicyclic) bond motifs is 1. The molecule has 0 fully saturated rings. The van der Waals surface area contributed by atoms with Gasteiger partial charge in [-0.2, -0.15) is 8.42 Å². The number of aromatic nitrogens is 2. The Morgan fingerprint density at radius 3 is 3.00 bits per heavy atom. The zero-order valence-corrected chi connectivity index (χ0v) is 9.64. The van der Waals surface area contributed by atoms with Crippen LogP contribution in [0.4, 0.5) is 0 Å². The minimum absolute atomic E-state index is 0.140. The molecule has 2 aromatic heterocycles. The van der Waals surface area contributed by atoms with Gasteiger partial charge in [0.05, 0.1) is 12.9 Å². The number of imidazole rings is 1. The molecule has 0 aromatic carbocycles. The highest BCUT2D eigenvalue weighted by Crippen LogP contribution is 2.07. The molecule has 16 heavy (non-hydrogen) atoms. The summed E-state index contributed by atoms with van der Waals surface area (Å²) >= 11 is 0. The molecule has 0 aliphatic rings. The summed E-state index contributed by atoms with van der Waals surface area (Å²) in [6.45, 7) is 0.140. The van der Waals surface area contributed by atoms with Crippen molar-refractivity contribution in [3.63, 3.8) is 0 Å². The molecule has 0 saturated carbocycles. The second kappa shape index (κ2) is 4.23. The predicted molar refractivity (Wildman–Crippen MR) is 59.7 cm³/mol. The molecule has 2 aromatic rings. The van der Waals surface area contributed by atoms with Crippen LogP contribution in [0.15, 0.2) is 30.6 Å². The van der Waals surface area contributed by atoms with Crippen molar-refractivity contribution < 1.29 is 12.6 Å². The average molecular weight is 240 g/mol. The van der Waals surface area contributed by atoms with Crippen molar-refractivity contribution in [3.05, 3.63) is 36.3 Å². The zero-order chi connectivity index (χ0) is 11.6. The molecule has 2 rings (SSSR count). The van der Waals surface area contributed by atoms with Crippen LogP contribution in [-0.4, -0.2) is 30.7 Å². The number of pyridine rings is 1. The summed E-state index contributed by atoms with van der Waals surface area (Å²) in [4.78, 5) is 4.19. The van der Waals surface area contributed by atoms with E-state index in [1.807, 2.05) is 28.8 Å². The Balaban J connectivity index is 2.10. The van der Waals surface area contributed by atoms with E-state index in [9.17, 15) is 8.42 Å². The van der Waals surface area contributed by atoms with Crippen LogP contribution < -0.4 is 0 Å². The first-order valence-corrected chi connectivity index (χ1v) is 6.63. The van der Waals surface area contributed by atoms with Crippen molar-refractivity contribution >= 4 is 15.8 Å². The minimum Gasteiger partial charge on any atom is -0.304 e. The Labute approximate surface area is 93.8 Å².